The van der Waals surface area contributed by atoms with Crippen molar-refractivity contribution in [2.45, 2.75) is 58.0 Å². The lowest BCUT2D eigenvalue weighted by molar-refractivity contribution is 0.265. The van der Waals surface area contributed by atoms with Crippen molar-refractivity contribution in [3.05, 3.63) is 0 Å². The van der Waals surface area contributed by atoms with E-state index >= 15 is 0 Å². The van der Waals surface area contributed by atoms with Gasteiger partial charge in [-0.15, -0.1) is 0 Å². The molecule has 2 nitrogen and oxygen atoms in total. The molecule has 0 radical (unpaired) electrons. The average Bonchev–Trinajstić information content (AvgIpc) is 2.84. The van der Waals surface area contributed by atoms with Crippen molar-refractivity contribution in [1.82, 2.24) is 4.90 Å². The molecule has 0 aliphatic heterocycles. The van der Waals surface area contributed by atoms with E-state index in [9.17, 15) is 0 Å². The summed E-state index contributed by atoms with van der Waals surface area (Å²) in [7, 11) is 2.26. The second kappa shape index (κ2) is 5.72. The first-order valence-electron chi connectivity index (χ1n) is 6.05. The van der Waals surface area contributed by atoms with Crippen molar-refractivity contribution >= 4 is 0 Å². The highest BCUT2D eigenvalue weighted by Gasteiger charge is 2.26. The molecule has 1 rings (SSSR count). The fourth-order valence-electron chi connectivity index (χ4n) is 2.04. The zero-order valence-electron chi connectivity index (χ0n) is 10.00. The Morgan fingerprint density at radius 2 is 1.93 bits per heavy atom. The Morgan fingerprint density at radius 1 is 1.29 bits per heavy atom. The van der Waals surface area contributed by atoms with Crippen LogP contribution in [0.4, 0.5) is 0 Å². The van der Waals surface area contributed by atoms with Crippen LogP contribution in [-0.4, -0.2) is 30.6 Å². The summed E-state index contributed by atoms with van der Waals surface area (Å²) in [6.45, 7) is 5.73. The maximum Gasteiger partial charge on any atom is 0.00934 e. The molecule has 84 valence electrons. The molecular weight excluding hydrogens is 172 g/mol. The second-order valence-corrected chi connectivity index (χ2v) is 5.18. The Bertz CT molecular complexity index is 152. The van der Waals surface area contributed by atoms with Crippen molar-refractivity contribution in [3.8, 4) is 0 Å². The van der Waals surface area contributed by atoms with Gasteiger partial charge in [-0.05, 0) is 45.6 Å². The van der Waals surface area contributed by atoms with E-state index in [0.717, 1.165) is 12.0 Å². The van der Waals surface area contributed by atoms with Crippen LogP contribution in [0.25, 0.3) is 0 Å². The zero-order valence-corrected chi connectivity index (χ0v) is 10.00. The van der Waals surface area contributed by atoms with E-state index in [-0.39, 0.29) is 0 Å². The summed E-state index contributed by atoms with van der Waals surface area (Å²) in [6, 6.07) is 1.29. The van der Waals surface area contributed by atoms with Crippen LogP contribution in [0, 0.1) is 5.92 Å². The molecule has 14 heavy (non-hydrogen) atoms. The highest BCUT2D eigenvalue weighted by Crippen LogP contribution is 2.26. The SMILES string of the molecule is CC(N)CCCC(C)CN(C)C1CC1. The topological polar surface area (TPSA) is 29.3 Å². The van der Waals surface area contributed by atoms with Gasteiger partial charge in [-0.3, -0.25) is 0 Å². The van der Waals surface area contributed by atoms with Crippen molar-refractivity contribution in [2.75, 3.05) is 13.6 Å². The quantitative estimate of drug-likeness (QED) is 0.680. The molecule has 2 N–H and O–H groups in total. The third-order valence-electron chi connectivity index (χ3n) is 3.13. The van der Waals surface area contributed by atoms with Gasteiger partial charge in [0.15, 0.2) is 0 Å². The maximum absolute atomic E-state index is 5.73. The van der Waals surface area contributed by atoms with Gasteiger partial charge in [-0.25, -0.2) is 0 Å². The van der Waals surface area contributed by atoms with Crippen molar-refractivity contribution in [1.29, 1.82) is 0 Å². The van der Waals surface area contributed by atoms with E-state index in [1.54, 1.807) is 0 Å². The lowest BCUT2D eigenvalue weighted by atomic mass is 10.0. The zero-order chi connectivity index (χ0) is 10.6. The van der Waals surface area contributed by atoms with E-state index < -0.39 is 0 Å². The van der Waals surface area contributed by atoms with Crippen molar-refractivity contribution in [3.63, 3.8) is 0 Å². The maximum atomic E-state index is 5.73. The van der Waals surface area contributed by atoms with Gasteiger partial charge in [-0.1, -0.05) is 13.3 Å². The Balaban J connectivity index is 2.00. The molecule has 2 atom stereocenters. The van der Waals surface area contributed by atoms with Gasteiger partial charge in [-0.2, -0.15) is 0 Å². The molecule has 0 spiro atoms. The predicted molar refractivity (Wildman–Crippen MR) is 62.3 cm³/mol. The van der Waals surface area contributed by atoms with Crippen LogP contribution in [0.5, 0.6) is 0 Å². The van der Waals surface area contributed by atoms with E-state index in [2.05, 4.69) is 25.8 Å². The lowest BCUT2D eigenvalue weighted by Crippen LogP contribution is -2.26. The molecule has 0 aromatic carbocycles. The highest BCUT2D eigenvalue weighted by molar-refractivity contribution is 4.82. The van der Waals surface area contributed by atoms with E-state index in [4.69, 9.17) is 5.73 Å². The van der Waals surface area contributed by atoms with Crippen molar-refractivity contribution < 1.29 is 0 Å². The monoisotopic (exact) mass is 198 g/mol. The van der Waals surface area contributed by atoms with Gasteiger partial charge in [0, 0.05) is 18.6 Å². The van der Waals surface area contributed by atoms with E-state index in [1.807, 2.05) is 0 Å². The Kier molecular flexibility index (Phi) is 4.90. The Morgan fingerprint density at radius 3 is 2.43 bits per heavy atom. The van der Waals surface area contributed by atoms with Gasteiger partial charge in [0.1, 0.15) is 0 Å². The molecule has 0 saturated heterocycles. The first-order valence-corrected chi connectivity index (χ1v) is 6.05. The van der Waals surface area contributed by atoms with Crippen LogP contribution in [-0.2, 0) is 0 Å². The molecule has 0 amide bonds. The summed E-state index contributed by atoms with van der Waals surface area (Å²) >= 11 is 0. The molecule has 1 aliphatic carbocycles. The summed E-state index contributed by atoms with van der Waals surface area (Å²) in [5.74, 6) is 0.833. The molecule has 2 heteroatoms. The summed E-state index contributed by atoms with van der Waals surface area (Å²) < 4.78 is 0. The number of hydrogen-bond acceptors (Lipinski definition) is 2. The normalized spacial score (nSPS) is 21.2. The third-order valence-corrected chi connectivity index (χ3v) is 3.13. The van der Waals surface area contributed by atoms with Crippen molar-refractivity contribution in [2.24, 2.45) is 11.7 Å². The number of rotatable bonds is 7. The molecular formula is C12H26N2. The molecule has 0 aromatic heterocycles. The van der Waals surface area contributed by atoms with Gasteiger partial charge in [0.05, 0.1) is 0 Å². The molecule has 0 aromatic rings. The minimum absolute atomic E-state index is 0.378. The minimum Gasteiger partial charge on any atom is -0.328 e. The van der Waals surface area contributed by atoms with E-state index in [1.165, 1.54) is 38.6 Å². The summed E-state index contributed by atoms with van der Waals surface area (Å²) in [5, 5.41) is 0. The van der Waals surface area contributed by atoms with Crippen LogP contribution < -0.4 is 5.73 Å². The largest absolute Gasteiger partial charge is 0.328 e. The fraction of sp³-hybridized carbons (Fsp3) is 1.00. The standard InChI is InChI=1S/C12H26N2/c1-10(5-4-6-11(2)13)9-14(3)12-7-8-12/h10-12H,4-9,13H2,1-3H3. The van der Waals surface area contributed by atoms with Gasteiger partial charge in [0.25, 0.3) is 0 Å². The molecule has 2 unspecified atom stereocenters. The van der Waals surface area contributed by atoms with Gasteiger partial charge in [0.2, 0.25) is 0 Å². The fourth-order valence-corrected chi connectivity index (χ4v) is 2.04. The smallest absolute Gasteiger partial charge is 0.00934 e. The van der Waals surface area contributed by atoms with E-state index in [0.29, 0.717) is 6.04 Å². The second-order valence-electron chi connectivity index (χ2n) is 5.18. The molecule has 0 heterocycles. The first kappa shape index (κ1) is 12.0. The van der Waals surface area contributed by atoms with Crippen LogP contribution in [0.15, 0.2) is 0 Å². The molecule has 0 bridgehead atoms. The third kappa shape index (κ3) is 4.97. The van der Waals surface area contributed by atoms with Crippen LogP contribution in [0.2, 0.25) is 0 Å². The minimum atomic E-state index is 0.378. The van der Waals surface area contributed by atoms with Gasteiger partial charge < -0.3 is 10.6 Å². The molecule has 1 saturated carbocycles. The Hall–Kier alpha value is -0.0800. The molecule has 1 aliphatic rings. The van der Waals surface area contributed by atoms with Crippen LogP contribution in [0.3, 0.4) is 0 Å². The summed E-state index contributed by atoms with van der Waals surface area (Å²) in [5.41, 5.74) is 5.73. The summed E-state index contributed by atoms with van der Waals surface area (Å²) in [6.07, 6.45) is 6.64. The predicted octanol–water partition coefficient (Wildman–Crippen LogP) is 2.23. The summed E-state index contributed by atoms with van der Waals surface area (Å²) in [4.78, 5) is 2.52. The van der Waals surface area contributed by atoms with Gasteiger partial charge >= 0.3 is 0 Å². The van der Waals surface area contributed by atoms with Crippen LogP contribution in [0.1, 0.15) is 46.0 Å². The number of nitrogens with two attached hydrogens (primary N) is 1. The number of nitrogens with zero attached hydrogens (tertiary/aromatic N) is 1. The highest BCUT2D eigenvalue weighted by atomic mass is 15.1. The number of hydrogen-bond donors (Lipinski definition) is 1. The average molecular weight is 198 g/mol. The lowest BCUT2D eigenvalue weighted by Gasteiger charge is -2.21. The molecule has 1 fully saturated rings. The van der Waals surface area contributed by atoms with Crippen LogP contribution >= 0.6 is 0 Å². The Labute approximate surface area is 88.8 Å². The first-order chi connectivity index (χ1) is 6.59.